The van der Waals surface area contributed by atoms with Crippen LogP contribution in [0, 0.1) is 24.5 Å². The van der Waals surface area contributed by atoms with E-state index in [1.807, 2.05) is 0 Å². The molecule has 0 spiro atoms. The molecule has 0 radical (unpaired) electrons. The molecule has 1 aromatic heterocycles. The van der Waals surface area contributed by atoms with Crippen LogP contribution in [0.3, 0.4) is 0 Å². The number of pyridine rings is 1. The van der Waals surface area contributed by atoms with Gasteiger partial charge < -0.3 is 10.1 Å². The molecule has 1 fully saturated rings. The van der Waals surface area contributed by atoms with Crippen molar-refractivity contribution in [3.05, 3.63) is 59.4 Å². The van der Waals surface area contributed by atoms with E-state index in [0.29, 0.717) is 5.69 Å². The molecule has 1 aromatic carbocycles. The summed E-state index contributed by atoms with van der Waals surface area (Å²) in [6, 6.07) is 4.98. The summed E-state index contributed by atoms with van der Waals surface area (Å²) in [6.07, 6.45) is -3.52. The van der Waals surface area contributed by atoms with Crippen LogP contribution in [-0.2, 0) is 9.53 Å². The maximum Gasteiger partial charge on any atom is 0.417 e. The van der Waals surface area contributed by atoms with Crippen molar-refractivity contribution in [1.29, 1.82) is 0 Å². The van der Waals surface area contributed by atoms with Gasteiger partial charge in [-0.3, -0.25) is 9.78 Å². The predicted molar refractivity (Wildman–Crippen MR) is 95.2 cm³/mol. The predicted octanol–water partition coefficient (Wildman–Crippen LogP) is 4.75. The van der Waals surface area contributed by atoms with E-state index in [1.54, 1.807) is 0 Å². The van der Waals surface area contributed by atoms with Gasteiger partial charge in [0.1, 0.15) is 6.10 Å². The number of anilines is 1. The lowest BCUT2D eigenvalue weighted by Crippen LogP contribution is -2.47. The van der Waals surface area contributed by atoms with Gasteiger partial charge in [0.25, 0.3) is 5.91 Å². The minimum atomic E-state index is -4.77. The molecule has 156 valence electrons. The molecule has 2 aromatic rings. The lowest BCUT2D eigenvalue weighted by molar-refractivity contribution is -0.272. The van der Waals surface area contributed by atoms with Gasteiger partial charge in [-0.15, -0.1) is 0 Å². The molecular weight excluding hydrogens is 395 g/mol. The molecule has 0 saturated carbocycles. The highest BCUT2D eigenvalue weighted by atomic mass is 19.4. The van der Waals surface area contributed by atoms with Crippen molar-refractivity contribution in [3.8, 4) is 0 Å². The average Bonchev–Trinajstić information content (AvgIpc) is 2.93. The van der Waals surface area contributed by atoms with E-state index in [-0.39, 0.29) is 11.1 Å². The Hall–Kier alpha value is -2.55. The molecule has 1 amide bonds. The fourth-order valence-corrected chi connectivity index (χ4v) is 3.70. The second kappa shape index (κ2) is 7.37. The molecule has 4 atom stereocenters. The number of benzene rings is 1. The number of rotatable bonds is 3. The number of alkyl halides is 3. The first-order valence-electron chi connectivity index (χ1n) is 8.87. The molecule has 29 heavy (non-hydrogen) atoms. The molecule has 1 aliphatic heterocycles. The SMILES string of the molecule is Cc1c([C@@H]2[C@@H](C)[C@@](C)(C(F)(F)F)O[C@H]2C(=O)Nc2ccncc2)ccc(F)c1F. The first-order valence-corrected chi connectivity index (χ1v) is 8.87. The second-order valence-corrected chi connectivity index (χ2v) is 7.26. The first-order chi connectivity index (χ1) is 13.5. The van der Waals surface area contributed by atoms with Crippen LogP contribution in [0.2, 0.25) is 0 Å². The molecule has 1 N–H and O–H groups in total. The van der Waals surface area contributed by atoms with Crippen molar-refractivity contribution in [3.63, 3.8) is 0 Å². The number of nitrogens with zero attached hydrogens (tertiary/aromatic N) is 1. The minimum Gasteiger partial charge on any atom is -0.352 e. The zero-order valence-corrected chi connectivity index (χ0v) is 15.8. The van der Waals surface area contributed by atoms with Crippen LogP contribution in [0.1, 0.15) is 30.9 Å². The molecule has 3 rings (SSSR count). The Morgan fingerprint density at radius 3 is 2.38 bits per heavy atom. The van der Waals surface area contributed by atoms with E-state index >= 15 is 0 Å². The molecule has 4 nitrogen and oxygen atoms in total. The van der Waals surface area contributed by atoms with Crippen LogP contribution < -0.4 is 5.32 Å². The fraction of sp³-hybridized carbons (Fsp3) is 0.400. The summed E-state index contributed by atoms with van der Waals surface area (Å²) in [4.78, 5) is 16.6. The summed E-state index contributed by atoms with van der Waals surface area (Å²) in [5.41, 5.74) is -2.38. The van der Waals surface area contributed by atoms with Crippen molar-refractivity contribution in [2.24, 2.45) is 5.92 Å². The molecule has 2 heterocycles. The zero-order valence-electron chi connectivity index (χ0n) is 15.8. The molecule has 0 unspecified atom stereocenters. The maximum absolute atomic E-state index is 14.1. The number of carbonyl (C=O) groups is 1. The number of aromatic nitrogens is 1. The highest BCUT2D eigenvalue weighted by molar-refractivity contribution is 5.95. The van der Waals surface area contributed by atoms with Gasteiger partial charge >= 0.3 is 6.18 Å². The number of hydrogen-bond acceptors (Lipinski definition) is 3. The summed E-state index contributed by atoms with van der Waals surface area (Å²) < 4.78 is 74.3. The maximum atomic E-state index is 14.1. The Kier molecular flexibility index (Phi) is 5.38. The Bertz CT molecular complexity index is 919. The summed E-state index contributed by atoms with van der Waals surface area (Å²) in [5.74, 6) is -5.47. The van der Waals surface area contributed by atoms with Gasteiger partial charge in [-0.05, 0) is 43.2 Å². The monoisotopic (exact) mass is 414 g/mol. The standard InChI is InChI=1S/C20H19F5N2O2/c1-10-13(4-5-14(21)16(10)22)15-11(2)19(3,20(23,24)25)29-17(15)18(28)27-12-6-8-26-9-7-12/h4-9,11,15,17H,1-3H3,(H,26,27,28)/t11-,15+,17-,19+/m1/s1. The van der Waals surface area contributed by atoms with Crippen LogP contribution in [-0.4, -0.2) is 28.8 Å². The Morgan fingerprint density at radius 2 is 1.79 bits per heavy atom. The van der Waals surface area contributed by atoms with Gasteiger partial charge in [0.15, 0.2) is 17.2 Å². The van der Waals surface area contributed by atoms with Crippen LogP contribution in [0.15, 0.2) is 36.7 Å². The summed E-state index contributed by atoms with van der Waals surface area (Å²) in [5, 5.41) is 2.50. The highest BCUT2D eigenvalue weighted by Crippen LogP contribution is 2.54. The largest absolute Gasteiger partial charge is 0.417 e. The highest BCUT2D eigenvalue weighted by Gasteiger charge is 2.65. The molecule has 0 bridgehead atoms. The third kappa shape index (κ3) is 3.59. The zero-order chi connectivity index (χ0) is 21.6. The van der Waals surface area contributed by atoms with Crippen LogP contribution in [0.4, 0.5) is 27.6 Å². The first kappa shape index (κ1) is 21.2. The van der Waals surface area contributed by atoms with Crippen molar-refractivity contribution >= 4 is 11.6 Å². The number of hydrogen-bond donors (Lipinski definition) is 1. The quantitative estimate of drug-likeness (QED) is 0.738. The molecular formula is C20H19F5N2O2. The number of ether oxygens (including phenoxy) is 1. The van der Waals surface area contributed by atoms with E-state index in [2.05, 4.69) is 10.3 Å². The summed E-state index contributed by atoms with van der Waals surface area (Å²) >= 11 is 0. The van der Waals surface area contributed by atoms with E-state index < -0.39 is 47.3 Å². The number of amides is 1. The second-order valence-electron chi connectivity index (χ2n) is 7.26. The fourth-order valence-electron chi connectivity index (χ4n) is 3.70. The van der Waals surface area contributed by atoms with Crippen molar-refractivity contribution in [2.45, 2.75) is 44.6 Å². The number of carbonyl (C=O) groups excluding carboxylic acids is 1. The summed E-state index contributed by atoms with van der Waals surface area (Å²) in [7, 11) is 0. The Balaban J connectivity index is 2.06. The minimum absolute atomic E-state index is 0.0965. The van der Waals surface area contributed by atoms with E-state index in [0.717, 1.165) is 13.0 Å². The average molecular weight is 414 g/mol. The molecule has 1 aliphatic rings. The van der Waals surface area contributed by atoms with Gasteiger partial charge in [-0.2, -0.15) is 13.2 Å². The van der Waals surface area contributed by atoms with Gasteiger partial charge in [-0.1, -0.05) is 13.0 Å². The van der Waals surface area contributed by atoms with Gasteiger partial charge in [0.05, 0.1) is 0 Å². The molecule has 9 heteroatoms. The van der Waals surface area contributed by atoms with Crippen LogP contribution in [0.5, 0.6) is 0 Å². The van der Waals surface area contributed by atoms with Crippen molar-refractivity contribution < 1.29 is 31.5 Å². The lowest BCUT2D eigenvalue weighted by Gasteiger charge is -2.32. The smallest absolute Gasteiger partial charge is 0.352 e. The molecule has 1 saturated heterocycles. The van der Waals surface area contributed by atoms with Gasteiger partial charge in [-0.25, -0.2) is 8.78 Å². The van der Waals surface area contributed by atoms with Gasteiger partial charge in [0, 0.05) is 29.9 Å². The third-order valence-electron chi connectivity index (χ3n) is 5.61. The van der Waals surface area contributed by atoms with Crippen LogP contribution >= 0.6 is 0 Å². The van der Waals surface area contributed by atoms with Crippen molar-refractivity contribution in [2.75, 3.05) is 5.32 Å². The normalized spacial score (nSPS) is 27.1. The Morgan fingerprint density at radius 1 is 1.17 bits per heavy atom. The topological polar surface area (TPSA) is 51.2 Å². The third-order valence-corrected chi connectivity index (χ3v) is 5.61. The van der Waals surface area contributed by atoms with E-state index in [1.165, 1.54) is 44.4 Å². The van der Waals surface area contributed by atoms with E-state index in [4.69, 9.17) is 4.74 Å². The van der Waals surface area contributed by atoms with Crippen molar-refractivity contribution in [1.82, 2.24) is 4.98 Å². The van der Waals surface area contributed by atoms with Gasteiger partial charge in [0.2, 0.25) is 0 Å². The Labute approximate surface area is 164 Å². The summed E-state index contributed by atoms with van der Waals surface area (Å²) in [6.45, 7) is 3.42. The number of halogens is 5. The molecule has 0 aliphatic carbocycles. The number of nitrogens with one attached hydrogen (secondary N) is 1. The lowest BCUT2D eigenvalue weighted by atomic mass is 9.76. The van der Waals surface area contributed by atoms with E-state index in [9.17, 15) is 26.7 Å². The van der Waals surface area contributed by atoms with Crippen LogP contribution in [0.25, 0.3) is 0 Å².